The molecule has 115 heavy (non-hydrogen) atoms. The maximum atomic E-state index is 16.2. The maximum Gasteiger partial charge on any atom is 0.246 e. The fraction of sp³-hybridized carbons (Fsp3) is 0.506. The van der Waals surface area contributed by atoms with Gasteiger partial charge in [-0.15, -0.1) is 5.10 Å². The van der Waals surface area contributed by atoms with Crippen LogP contribution in [0.15, 0.2) is 109 Å². The van der Waals surface area contributed by atoms with E-state index < -0.39 is 125 Å². The fourth-order valence-electron chi connectivity index (χ4n) is 14.6. The van der Waals surface area contributed by atoms with Crippen molar-refractivity contribution in [3.05, 3.63) is 154 Å². The van der Waals surface area contributed by atoms with Gasteiger partial charge in [-0.05, 0) is 122 Å². The lowest BCUT2D eigenvalue weighted by molar-refractivity contribution is -0.870. The van der Waals surface area contributed by atoms with Crippen molar-refractivity contribution in [2.75, 3.05) is 106 Å². The number of carbonyl (C=O) groups is 10. The number of carbonyl (C=O) groups excluding carboxylic acids is 10. The lowest BCUT2D eigenvalue weighted by atomic mass is 9.95. The zero-order valence-corrected chi connectivity index (χ0v) is 68.3. The number of allylic oxidation sites excluding steroid dienone is 1. The molecule has 2 fully saturated rings. The van der Waals surface area contributed by atoms with Gasteiger partial charge in [-0.1, -0.05) is 59.8 Å². The molecule has 11 rings (SSSR count). The number of rotatable bonds is 15. The van der Waals surface area contributed by atoms with Gasteiger partial charge in [-0.2, -0.15) is 23.5 Å². The number of fused-ring (bicyclic) bond motifs is 8. The minimum absolute atomic E-state index is 0. The normalized spacial score (nSPS) is 24.2. The van der Waals surface area contributed by atoms with Crippen LogP contribution in [-0.2, 0) is 106 Å². The Morgan fingerprint density at radius 3 is 2.24 bits per heavy atom. The molecule has 4 aromatic carbocycles. The Morgan fingerprint density at radius 2 is 1.50 bits per heavy atom. The first kappa shape index (κ1) is 87.9. The molecule has 30 nitrogen and oxygen atoms in total. The summed E-state index contributed by atoms with van der Waals surface area (Å²) in [5.41, 5.74) is 4.35. The summed E-state index contributed by atoms with van der Waals surface area (Å²) < 4.78 is 43.4. The van der Waals surface area contributed by atoms with Gasteiger partial charge in [0.1, 0.15) is 71.6 Å². The van der Waals surface area contributed by atoms with Crippen LogP contribution in [0.3, 0.4) is 0 Å². The number of nitrogens with one attached hydrogen (secondary N) is 8. The Hall–Kier alpha value is -9.48. The molecule has 34 heteroatoms. The summed E-state index contributed by atoms with van der Waals surface area (Å²) >= 11 is 3.00. The first-order valence-electron chi connectivity index (χ1n) is 38.8. The van der Waals surface area contributed by atoms with Gasteiger partial charge in [0.15, 0.2) is 0 Å². The molecule has 7 heterocycles. The van der Waals surface area contributed by atoms with Crippen molar-refractivity contribution < 1.29 is 93.3 Å². The van der Waals surface area contributed by atoms with E-state index >= 15 is 28.4 Å². The quantitative estimate of drug-likeness (QED) is 0.0355. The molecule has 10 atom stereocenters. The Morgan fingerprint density at radius 1 is 0.765 bits per heavy atom. The monoisotopic (exact) mass is 1650 g/mol. The molecule has 14 bridgehead atoms. The highest BCUT2D eigenvalue weighted by molar-refractivity contribution is 7.98. The molecule has 2 aromatic heterocycles. The molecule has 5 aliphatic rings. The molecule has 6 aromatic rings. The van der Waals surface area contributed by atoms with Crippen molar-refractivity contribution in [2.45, 2.75) is 157 Å². The number of hydrogen-bond donors (Lipinski definition) is 9. The summed E-state index contributed by atoms with van der Waals surface area (Å²) in [6, 6.07) is 13.6. The van der Waals surface area contributed by atoms with Crippen LogP contribution < -0.4 is 59.7 Å². The van der Waals surface area contributed by atoms with Gasteiger partial charge < -0.3 is 97.8 Å². The molecule has 0 unspecified atom stereocenters. The van der Waals surface area contributed by atoms with E-state index in [1.165, 1.54) is 54.7 Å². The van der Waals surface area contributed by atoms with E-state index in [4.69, 9.17) is 18.9 Å². The van der Waals surface area contributed by atoms with Crippen LogP contribution in [0.2, 0.25) is 0 Å². The first-order valence-corrected chi connectivity index (χ1v) is 41.1. The van der Waals surface area contributed by atoms with E-state index in [1.807, 2.05) is 41.0 Å². The molecule has 0 radical (unpaired) electrons. The summed E-state index contributed by atoms with van der Waals surface area (Å²) in [5.74, 6) is -5.86. The highest BCUT2D eigenvalue weighted by Gasteiger charge is 2.50. The Kier molecular flexibility index (Phi) is 31.2. The van der Waals surface area contributed by atoms with Crippen LogP contribution in [0.1, 0.15) is 91.9 Å². The topological polar surface area (TPSA) is 366 Å². The van der Waals surface area contributed by atoms with Crippen LogP contribution in [0.25, 0.3) is 16.6 Å². The van der Waals surface area contributed by atoms with Crippen LogP contribution in [-0.4, -0.2) is 264 Å². The lowest BCUT2D eigenvalue weighted by Gasteiger charge is -2.37. The third-order valence-corrected chi connectivity index (χ3v) is 23.0. The van der Waals surface area contributed by atoms with E-state index in [1.54, 1.807) is 84.3 Å². The molecular formula is C81H105ClFN15O15S2. The van der Waals surface area contributed by atoms with Gasteiger partial charge in [0, 0.05) is 98.4 Å². The highest BCUT2D eigenvalue weighted by atomic mass is 35.5. The number of ether oxygens (including phenoxy) is 4. The number of methoxy groups -OCH3 is 1. The van der Waals surface area contributed by atoms with E-state index in [0.717, 1.165) is 27.7 Å². The molecule has 2 saturated heterocycles. The Labute approximate surface area is 682 Å². The largest absolute Gasteiger partial charge is 1.00 e. The zero-order valence-electron chi connectivity index (χ0n) is 65.9. The fourth-order valence-corrected chi connectivity index (χ4v) is 16.3. The third-order valence-electron chi connectivity index (χ3n) is 20.9. The summed E-state index contributed by atoms with van der Waals surface area (Å²) in [4.78, 5) is 152. The molecule has 620 valence electrons. The molecular weight excluding hydrogens is 1540 g/mol. The number of aromatic nitrogens is 4. The smallest absolute Gasteiger partial charge is 0.246 e. The van der Waals surface area contributed by atoms with Crippen LogP contribution in [0.4, 0.5) is 4.39 Å². The second-order valence-corrected chi connectivity index (χ2v) is 32.9. The summed E-state index contributed by atoms with van der Waals surface area (Å²) in [7, 11) is 7.68. The standard InChI is InChI=1S/C81H104FN15O15S2.ClH/c1-50-73(101)87-63-41-54-14-10-13-52(36-54)12-8-9-29-112-68-21-27-94-72(68)77(105)90-71(51(2)98)76(104)89-64(40-53-15-18-61(109-7)19-16-53)79(107)95-26-11-24-81(95,3)80(108)83-25-35-114-49-56-37-55(48-113-34-23-70(100)86-66(75(103)85-50)44-84-69(99)22-30-110-32-33-111-31-28-97(4,5)6)38-60(39-56)96-47-59(91-92-96)46-93-45-57(42-65(78(94)106)88-74(63)102)62-43-58(82)17-20-67(62)93;/h8-10,13-20,36-39,43,45,47,50-51,63-66,68,71-72,98H,11-12,21-35,40-42,44,46,48-49H2,1-7H3,(H7-,83,84,85,86,87,88,89,90,99,100,101,102,103,104,105,108);1H/b9-8-;/t50-,51-,63+,64+,65-,66+,68+,71+,72+,81+;/m1./s1. The molecule has 9 N–H and O–H groups in total. The molecule has 0 spiro atoms. The molecule has 5 aliphatic heterocycles. The summed E-state index contributed by atoms with van der Waals surface area (Å²) in [6.07, 6.45) is 4.72. The van der Waals surface area contributed by atoms with Crippen LogP contribution >= 0.6 is 23.5 Å². The van der Waals surface area contributed by atoms with Gasteiger partial charge in [-0.25, -0.2) is 9.07 Å². The molecule has 0 aliphatic carbocycles. The van der Waals surface area contributed by atoms with Gasteiger partial charge >= 0.3 is 0 Å². The number of aliphatic hydroxyl groups excluding tert-OH is 1. The summed E-state index contributed by atoms with van der Waals surface area (Å²) in [6.45, 7) is 6.12. The number of aliphatic hydroxyl groups is 1. The average Bonchev–Trinajstić information content (AvgIpc) is 1.58. The van der Waals surface area contributed by atoms with Gasteiger partial charge in [0.05, 0.1) is 91.9 Å². The number of halogens is 2. The molecule has 0 saturated carbocycles. The van der Waals surface area contributed by atoms with E-state index in [9.17, 15) is 29.1 Å². The van der Waals surface area contributed by atoms with Crippen molar-refractivity contribution in [1.82, 2.24) is 71.9 Å². The number of thioether (sulfide) groups is 2. The number of amides is 10. The second-order valence-electron chi connectivity index (χ2n) is 30.7. The van der Waals surface area contributed by atoms with E-state index in [0.29, 0.717) is 94.5 Å². The van der Waals surface area contributed by atoms with Crippen molar-refractivity contribution in [3.8, 4) is 11.4 Å². The second kappa shape index (κ2) is 40.9. The highest BCUT2D eigenvalue weighted by Crippen LogP contribution is 2.33. The van der Waals surface area contributed by atoms with Crippen LogP contribution in [0, 0.1) is 5.82 Å². The third kappa shape index (κ3) is 23.9. The summed E-state index contributed by atoms with van der Waals surface area (Å²) in [5, 5.41) is 43.8. The van der Waals surface area contributed by atoms with Gasteiger partial charge in [-0.3, -0.25) is 47.9 Å². The Balaban J connectivity index is 0.0000140. The van der Waals surface area contributed by atoms with E-state index in [2.05, 4.69) is 74.0 Å². The average molecular weight is 1650 g/mol. The maximum absolute atomic E-state index is 16.2. The first-order chi connectivity index (χ1) is 54.7. The number of benzene rings is 4. The minimum Gasteiger partial charge on any atom is -1.00 e. The van der Waals surface area contributed by atoms with E-state index in [-0.39, 0.29) is 109 Å². The van der Waals surface area contributed by atoms with Crippen molar-refractivity contribution in [3.63, 3.8) is 0 Å². The zero-order chi connectivity index (χ0) is 81.2. The van der Waals surface area contributed by atoms with Crippen molar-refractivity contribution >= 4 is 93.5 Å². The molecule has 10 amide bonds. The minimum atomic E-state index is -1.78. The number of likely N-dealkylation sites (N-methyl/N-ethyl adjacent to an activating group) is 1. The van der Waals surface area contributed by atoms with Crippen LogP contribution in [0.5, 0.6) is 5.75 Å². The number of nitrogens with zero attached hydrogens (tertiary/aromatic N) is 7. The van der Waals surface area contributed by atoms with Gasteiger partial charge in [0.25, 0.3) is 0 Å². The van der Waals surface area contributed by atoms with Crippen molar-refractivity contribution in [1.29, 1.82) is 0 Å². The lowest BCUT2D eigenvalue weighted by Crippen LogP contribution is -3.00. The predicted molar refractivity (Wildman–Crippen MR) is 426 cm³/mol. The number of quaternary nitrogens is 1. The van der Waals surface area contributed by atoms with Crippen molar-refractivity contribution in [2.24, 2.45) is 0 Å². The van der Waals surface area contributed by atoms with Gasteiger partial charge in [0.2, 0.25) is 59.1 Å². The predicted octanol–water partition coefficient (Wildman–Crippen LogP) is -0.516. The SMILES string of the molecule is COc1ccc(C[C@@H]2NC(=O)[C@H]([C@@H](C)O)NC(=O)[C@@H]3[C@@H]4CCN3C(=O)[C@H]3Cc5cn(c6ccc(F)cc56)Cc5cn(nn5)-c5cc(cc(c5)CSCCC(=O)N[C@@H](CNC(=O)CCOCCOCC[N+](C)(C)C)C(=O)N[C@H](C)C(=O)N[C@@H](Cc5cccc(c5)C/C=C\CO4)C(=O)N3)CSCCNC(=O)[C@]3(C)CCCN3C2=O)cc1.[Cl-]. The Bertz CT molecular complexity index is 4490. The number of hydrogen-bond acceptors (Lipinski definition) is 19.